The van der Waals surface area contributed by atoms with Crippen molar-refractivity contribution in [2.75, 3.05) is 26.4 Å². The van der Waals surface area contributed by atoms with Gasteiger partial charge in [-0.1, -0.05) is 352 Å². The van der Waals surface area contributed by atoms with E-state index in [1.165, 1.54) is 166 Å². The first-order chi connectivity index (χ1) is 70.5. The van der Waals surface area contributed by atoms with Gasteiger partial charge >= 0.3 is 17.9 Å². The van der Waals surface area contributed by atoms with Crippen LogP contribution in [0.25, 0.3) is 0 Å². The smallest absolute Gasteiger partial charge is 0.309 e. The molecule has 15 nitrogen and oxygen atoms in total. The summed E-state index contributed by atoms with van der Waals surface area (Å²) in [5.74, 6) is 12.1. The van der Waals surface area contributed by atoms with E-state index in [1.807, 2.05) is 118 Å². The van der Waals surface area contributed by atoms with Crippen LogP contribution in [0.5, 0.6) is 46.0 Å². The molecular formula is C133H200O15. The van der Waals surface area contributed by atoms with Crippen molar-refractivity contribution < 1.29 is 72.3 Å². The van der Waals surface area contributed by atoms with Gasteiger partial charge in [-0.2, -0.15) is 0 Å². The van der Waals surface area contributed by atoms with E-state index < -0.39 is 0 Å². The van der Waals surface area contributed by atoms with Gasteiger partial charge in [-0.15, -0.1) is 0 Å². The molecule has 0 radical (unpaired) electrons. The van der Waals surface area contributed by atoms with Crippen molar-refractivity contribution in [3.63, 3.8) is 0 Å². The molecule has 3 aliphatic carbocycles. The molecule has 9 aromatic rings. The van der Waals surface area contributed by atoms with Crippen LogP contribution in [0, 0.1) is 29.1 Å². The van der Waals surface area contributed by atoms with Gasteiger partial charge in [0.2, 0.25) is 0 Å². The minimum absolute atomic E-state index is 0.0475. The first-order valence-corrected chi connectivity index (χ1v) is 56.9. The number of esters is 3. The highest BCUT2D eigenvalue weighted by molar-refractivity contribution is 5.72. The second-order valence-corrected chi connectivity index (χ2v) is 43.8. The second-order valence-electron chi connectivity index (χ2n) is 43.8. The van der Waals surface area contributed by atoms with Gasteiger partial charge in [0.15, 0.2) is 18.9 Å². The van der Waals surface area contributed by atoms with Crippen molar-refractivity contribution in [3.8, 4) is 46.0 Å². The molecule has 0 aromatic heterocycles. The molecule has 3 fully saturated rings. The molecule has 3 saturated carbocycles. The number of ether oxygens (including phenoxy) is 9. The molecule has 3 N–H and O–H groups in total. The summed E-state index contributed by atoms with van der Waals surface area (Å²) in [5, 5.41) is 27.0. The number of carbonyl (C=O) groups excluding carboxylic acids is 3. The molecule has 0 bridgehead atoms. The van der Waals surface area contributed by atoms with Gasteiger partial charge in [-0.3, -0.25) is 14.4 Å². The first-order valence-electron chi connectivity index (χ1n) is 56.9. The lowest BCUT2D eigenvalue weighted by atomic mass is 9.70. The third kappa shape index (κ3) is 53.7. The number of benzene rings is 9. The maximum absolute atomic E-state index is 12.3. The highest BCUT2D eigenvalue weighted by Crippen LogP contribution is 2.41. The average Bonchev–Trinajstić information content (AvgIpc) is 0.845. The van der Waals surface area contributed by atoms with E-state index >= 15 is 0 Å². The topological polar surface area (TPSA) is 195 Å². The summed E-state index contributed by atoms with van der Waals surface area (Å²) in [6, 6.07) is 71.8. The first kappa shape index (κ1) is 130. The predicted octanol–water partition coefficient (Wildman–Crippen LogP) is 37.6. The summed E-state index contributed by atoms with van der Waals surface area (Å²) in [4.78, 5) is 33.6. The van der Waals surface area contributed by atoms with E-state index in [4.69, 9.17) is 58.0 Å². The third-order valence-electron chi connectivity index (χ3n) is 30.1. The lowest BCUT2D eigenvalue weighted by Gasteiger charge is -2.36. The highest BCUT2D eigenvalue weighted by Gasteiger charge is 2.33. The van der Waals surface area contributed by atoms with Crippen molar-refractivity contribution in [1.29, 1.82) is 0 Å². The fraction of sp³-hybridized carbons (Fsp3) is 0.571. The van der Waals surface area contributed by atoms with E-state index in [0.29, 0.717) is 99.9 Å². The van der Waals surface area contributed by atoms with Crippen molar-refractivity contribution in [2.24, 2.45) is 29.1 Å². The minimum atomic E-state index is -0.384. The number of hydrogen-bond donors (Lipinski definition) is 3. The zero-order valence-corrected chi connectivity index (χ0v) is 97.3. The Morgan fingerprint density at radius 2 is 0.493 bits per heavy atom. The van der Waals surface area contributed by atoms with Crippen molar-refractivity contribution >= 4 is 17.9 Å². The molecule has 0 aliphatic heterocycles. The molecule has 9 aromatic carbocycles. The molecule has 3 aliphatic rings. The van der Waals surface area contributed by atoms with Gasteiger partial charge in [0, 0.05) is 13.8 Å². The molecule has 0 spiro atoms. The Labute approximate surface area is 899 Å². The maximum Gasteiger partial charge on any atom is 0.309 e. The van der Waals surface area contributed by atoms with Gasteiger partial charge in [-0.25, -0.2) is 0 Å². The molecule has 12 atom stereocenters. The van der Waals surface area contributed by atoms with Crippen LogP contribution in [-0.2, 0) is 38.7 Å². The number of phenolic OH excluding ortho intramolecular Hbond substituents is 3. The summed E-state index contributed by atoms with van der Waals surface area (Å²) >= 11 is 0. The van der Waals surface area contributed by atoms with Crippen molar-refractivity contribution in [3.05, 3.63) is 274 Å². The third-order valence-corrected chi connectivity index (χ3v) is 30.1. The lowest BCUT2D eigenvalue weighted by Crippen LogP contribution is -2.30. The van der Waals surface area contributed by atoms with Crippen LogP contribution in [0.2, 0.25) is 0 Å². The summed E-state index contributed by atoms with van der Waals surface area (Å²) in [6.45, 7) is 64.1. The molecule has 0 heterocycles. The second kappa shape index (κ2) is 72.5. The Kier molecular flexibility index (Phi) is 63.9. The Morgan fingerprint density at radius 3 is 0.709 bits per heavy atom. The van der Waals surface area contributed by atoms with Crippen LogP contribution in [0.4, 0.5) is 0 Å². The normalized spacial score (nSPS) is 16.4. The molecule has 0 amide bonds. The summed E-state index contributed by atoms with van der Waals surface area (Å²) in [5.41, 5.74) is 14.0. The molecule has 15 heteroatoms. The van der Waals surface area contributed by atoms with Gasteiger partial charge in [0.1, 0.15) is 52.6 Å². The number of rotatable bonds is 39. The van der Waals surface area contributed by atoms with Crippen LogP contribution in [-0.4, -0.2) is 78.5 Å². The molecule has 0 saturated heterocycles. The number of aromatic hydroxyl groups is 3. The van der Waals surface area contributed by atoms with Gasteiger partial charge < -0.3 is 58.0 Å². The lowest BCUT2D eigenvalue weighted by molar-refractivity contribution is -0.155. The SMILES string of the molecule is CCC(C)c1ccc(C(C)(C)C)cc1.CCC(C)c1ccc(O)cc1.CCC(C)c1ccc(O)cc1.CCC(C)c1ccc(O)cc1.CCC(C)c1ccc(OC(C)=O)cc1.CCC(C)c1ccc(OC(C)=O)cc1.CCC(C)c1ccc(OC(C)OCCC2CCCCC2)cc1.CCC(C)c1ccc(OC(C)OCCC2CCCCC2)cc1.CCC(C)c1ccc(OC(C)OCCOC(=O)C2CCC(C(C)(C)C)CC2)cc1. The fourth-order valence-electron chi connectivity index (χ4n) is 17.6. The fourth-order valence-corrected chi connectivity index (χ4v) is 17.6. The quantitative estimate of drug-likeness (QED) is 0.0142. The molecular weight excluding hydrogens is 1840 g/mol. The van der Waals surface area contributed by atoms with Crippen LogP contribution in [0.3, 0.4) is 0 Å². The van der Waals surface area contributed by atoms with E-state index in [-0.39, 0.29) is 54.7 Å². The van der Waals surface area contributed by atoms with Crippen LogP contribution in [0.1, 0.15) is 470 Å². The molecule has 148 heavy (non-hydrogen) atoms. The van der Waals surface area contributed by atoms with Gasteiger partial charge in [0.05, 0.1) is 25.7 Å². The van der Waals surface area contributed by atoms with Crippen molar-refractivity contribution in [2.45, 2.75) is 439 Å². The number of carbonyl (C=O) groups is 3. The van der Waals surface area contributed by atoms with E-state index in [0.717, 1.165) is 107 Å². The van der Waals surface area contributed by atoms with Crippen molar-refractivity contribution in [1.82, 2.24) is 0 Å². The standard InChI is InChI=1S/C25H40O4.2C20H32O2.C14H22.2C12H16O2.3C10H14O/c1-7-18(2)20-10-14-23(15-11-20)29-19(3)27-16-17-28-24(26)21-8-12-22(13-9-21)25(4,5)6;2*1-4-16(2)19-10-12-20(13-11-19)22-17(3)21-15-14-18-8-6-5-7-9-18;1-6-11(2)12-7-9-13(10-8-12)14(3,4)5;2*1-4-9(2)11-5-7-12(8-6-11)14-10(3)13;3*1-3-8(2)9-4-6-10(11)7-5-9/h10-11,14-15,18-19,21-22H,7-9,12-13,16-17H2,1-6H3;2*10-13,16-18H,4-9,14-15H2,1-3H3;7-11H,6H2,1-5H3;2*5-9H,4H2,1-3H3;3*4-8,11H,3H2,1-2H3. The summed E-state index contributed by atoms with van der Waals surface area (Å²) in [6.07, 6.45) is 30.1. The van der Waals surface area contributed by atoms with E-state index in [2.05, 4.69) is 251 Å². The van der Waals surface area contributed by atoms with Gasteiger partial charge in [0.25, 0.3) is 0 Å². The Bertz CT molecular complexity index is 4610. The van der Waals surface area contributed by atoms with Gasteiger partial charge in [-0.05, 0) is 352 Å². The summed E-state index contributed by atoms with van der Waals surface area (Å²) < 4.78 is 50.1. The highest BCUT2D eigenvalue weighted by atomic mass is 16.7. The van der Waals surface area contributed by atoms with E-state index in [9.17, 15) is 14.4 Å². The maximum atomic E-state index is 12.3. The predicted molar refractivity (Wildman–Crippen MR) is 619 cm³/mol. The van der Waals surface area contributed by atoms with E-state index in [1.54, 1.807) is 36.4 Å². The zero-order chi connectivity index (χ0) is 110. The Balaban J connectivity index is 0.000000354. The summed E-state index contributed by atoms with van der Waals surface area (Å²) in [7, 11) is 0. The van der Waals surface area contributed by atoms with Crippen LogP contribution >= 0.6 is 0 Å². The number of hydrogen-bond acceptors (Lipinski definition) is 15. The molecule has 822 valence electrons. The Hall–Kier alpha value is -9.93. The Morgan fingerprint density at radius 1 is 0.277 bits per heavy atom. The largest absolute Gasteiger partial charge is 0.508 e. The van der Waals surface area contributed by atoms with Crippen LogP contribution in [0.15, 0.2) is 218 Å². The monoisotopic (exact) mass is 2040 g/mol. The zero-order valence-electron chi connectivity index (χ0n) is 97.3. The average molecular weight is 2040 g/mol. The molecule has 12 unspecified atom stereocenters. The minimum Gasteiger partial charge on any atom is -0.508 e. The van der Waals surface area contributed by atoms with Crippen LogP contribution < -0.4 is 23.7 Å². The molecule has 12 rings (SSSR count). The number of phenols is 3.